The van der Waals surface area contributed by atoms with Crippen LogP contribution in [-0.2, 0) is 22.2 Å². The average molecular weight is 608 g/mol. The van der Waals surface area contributed by atoms with E-state index in [1.54, 1.807) is 20.3 Å². The van der Waals surface area contributed by atoms with Gasteiger partial charge in [0.2, 0.25) is 0 Å². The first-order valence-corrected chi connectivity index (χ1v) is 13.4. The quantitative estimate of drug-likeness (QED) is 0.171. The zero-order valence-electron chi connectivity index (χ0n) is 23.8. The van der Waals surface area contributed by atoms with Crippen LogP contribution in [0.1, 0.15) is 29.8 Å². The van der Waals surface area contributed by atoms with Crippen LogP contribution in [0.15, 0.2) is 60.8 Å². The summed E-state index contributed by atoms with van der Waals surface area (Å²) < 4.78 is 91.2. The Bertz CT molecular complexity index is 1500. The van der Waals surface area contributed by atoms with Crippen LogP contribution in [0.2, 0.25) is 0 Å². The van der Waals surface area contributed by atoms with Gasteiger partial charge in [-0.15, -0.1) is 0 Å². The average Bonchev–Trinajstić information content (AvgIpc) is 2.97. The fraction of sp³-hybridized carbons (Fsp3) is 0.367. The fourth-order valence-electron chi connectivity index (χ4n) is 4.45. The molecule has 43 heavy (non-hydrogen) atoms. The molecular weight excluding hydrogens is 576 g/mol. The zero-order valence-corrected chi connectivity index (χ0v) is 23.8. The van der Waals surface area contributed by atoms with Crippen molar-refractivity contribution in [1.82, 2.24) is 19.9 Å². The number of nitrogens with one attached hydrogen (secondary N) is 1. The molecule has 0 saturated carbocycles. The number of aromatic nitrogens is 3. The lowest BCUT2D eigenvalue weighted by Crippen LogP contribution is -2.31. The smallest absolute Gasteiger partial charge is 0.383 e. The minimum absolute atomic E-state index is 0.110. The number of benzene rings is 2. The van der Waals surface area contributed by atoms with Gasteiger partial charge in [0.15, 0.2) is 0 Å². The molecule has 0 fully saturated rings. The third kappa shape index (κ3) is 8.18. The van der Waals surface area contributed by atoms with E-state index in [-0.39, 0.29) is 23.4 Å². The molecule has 230 valence electrons. The molecule has 0 aliphatic carbocycles. The Labute approximate surface area is 244 Å². The maximum atomic E-state index is 13.7. The lowest BCUT2D eigenvalue weighted by atomic mass is 10.0. The van der Waals surface area contributed by atoms with E-state index in [0.29, 0.717) is 54.5 Å². The van der Waals surface area contributed by atoms with Gasteiger partial charge in [0, 0.05) is 50.1 Å². The number of hydrogen-bond acceptors (Lipinski definition) is 7. The number of ether oxygens (including phenoxy) is 2. The highest BCUT2D eigenvalue weighted by molar-refractivity contribution is 5.93. The lowest BCUT2D eigenvalue weighted by molar-refractivity contribution is -0.146. The third-order valence-corrected chi connectivity index (χ3v) is 6.88. The Kier molecular flexibility index (Phi) is 10.2. The molecule has 0 aliphatic rings. The monoisotopic (exact) mass is 607 g/mol. The van der Waals surface area contributed by atoms with Crippen molar-refractivity contribution < 1.29 is 35.8 Å². The van der Waals surface area contributed by atoms with Gasteiger partial charge in [0.1, 0.15) is 11.6 Å². The van der Waals surface area contributed by atoms with Crippen molar-refractivity contribution in [2.45, 2.75) is 31.7 Å². The summed E-state index contributed by atoms with van der Waals surface area (Å²) in [5.41, 5.74) is 0.0661. The van der Waals surface area contributed by atoms with Gasteiger partial charge in [-0.1, -0.05) is 18.2 Å². The van der Waals surface area contributed by atoms with Crippen molar-refractivity contribution >= 4 is 22.4 Å². The Morgan fingerprint density at radius 3 is 2.16 bits per heavy atom. The van der Waals surface area contributed by atoms with Crippen molar-refractivity contribution in [1.29, 1.82) is 0 Å². The second kappa shape index (κ2) is 13.7. The first-order valence-electron chi connectivity index (χ1n) is 13.4. The van der Waals surface area contributed by atoms with Crippen molar-refractivity contribution in [2.24, 2.45) is 0 Å². The Balaban J connectivity index is 1.77. The van der Waals surface area contributed by atoms with Crippen molar-refractivity contribution in [3.63, 3.8) is 0 Å². The minimum Gasteiger partial charge on any atom is -0.383 e. The first kappa shape index (κ1) is 32.1. The number of halogens is 6. The number of fused-ring (bicyclic) bond motifs is 1. The SMILES string of the molecule is COCCN(CCOC)Cc1nc(Nc2ccc(C(C)C(F)(F)F)cc2)c2ccc(-c3ncccc3C(F)(F)F)cc2n1. The highest BCUT2D eigenvalue weighted by atomic mass is 19.4. The highest BCUT2D eigenvalue weighted by Crippen LogP contribution is 2.38. The van der Waals surface area contributed by atoms with Crippen LogP contribution in [0.3, 0.4) is 0 Å². The summed E-state index contributed by atoms with van der Waals surface area (Å²) in [6, 6.07) is 12.6. The fourth-order valence-corrected chi connectivity index (χ4v) is 4.45. The largest absolute Gasteiger partial charge is 0.418 e. The van der Waals surface area contributed by atoms with Crippen LogP contribution >= 0.6 is 0 Å². The van der Waals surface area contributed by atoms with E-state index in [1.165, 1.54) is 48.7 Å². The highest BCUT2D eigenvalue weighted by Gasteiger charge is 2.37. The predicted molar refractivity (Wildman–Crippen MR) is 151 cm³/mol. The number of rotatable bonds is 12. The molecule has 13 heteroatoms. The first-order chi connectivity index (χ1) is 20.4. The summed E-state index contributed by atoms with van der Waals surface area (Å²) in [5.74, 6) is -0.915. The summed E-state index contributed by atoms with van der Waals surface area (Å²) in [6.45, 7) is 3.35. The second-order valence-electron chi connectivity index (χ2n) is 9.89. The number of alkyl halides is 6. The number of hydrogen-bond donors (Lipinski definition) is 1. The molecule has 0 bridgehead atoms. The van der Waals surface area contributed by atoms with Crippen molar-refractivity contribution in [3.8, 4) is 11.3 Å². The van der Waals surface area contributed by atoms with Gasteiger partial charge < -0.3 is 14.8 Å². The van der Waals surface area contributed by atoms with Gasteiger partial charge in [0.05, 0.1) is 42.5 Å². The van der Waals surface area contributed by atoms with Crippen molar-refractivity contribution in [2.75, 3.05) is 45.8 Å². The topological polar surface area (TPSA) is 72.4 Å². The Morgan fingerprint density at radius 1 is 0.884 bits per heavy atom. The molecule has 2 aromatic carbocycles. The summed E-state index contributed by atoms with van der Waals surface area (Å²) in [6.07, 6.45) is -7.69. The molecule has 1 N–H and O–H groups in total. The number of methoxy groups -OCH3 is 2. The summed E-state index contributed by atoms with van der Waals surface area (Å²) in [4.78, 5) is 15.4. The van der Waals surface area contributed by atoms with Crippen molar-refractivity contribution in [3.05, 3.63) is 77.7 Å². The van der Waals surface area contributed by atoms with E-state index in [4.69, 9.17) is 9.47 Å². The van der Waals surface area contributed by atoms with E-state index in [1.807, 2.05) is 4.90 Å². The molecule has 0 aliphatic heterocycles. The molecule has 7 nitrogen and oxygen atoms in total. The third-order valence-electron chi connectivity index (χ3n) is 6.88. The maximum absolute atomic E-state index is 13.7. The zero-order chi connectivity index (χ0) is 31.2. The number of nitrogens with zero attached hydrogens (tertiary/aromatic N) is 4. The second-order valence-corrected chi connectivity index (χ2v) is 9.89. The molecule has 4 rings (SSSR count). The Hall–Kier alpha value is -3.81. The van der Waals surface area contributed by atoms with Crippen LogP contribution in [0.4, 0.5) is 37.8 Å². The predicted octanol–water partition coefficient (Wildman–Crippen LogP) is 7.21. The molecular formula is C30H31F6N5O2. The lowest BCUT2D eigenvalue weighted by Gasteiger charge is -2.21. The van der Waals surface area contributed by atoms with Gasteiger partial charge >= 0.3 is 12.4 Å². The van der Waals surface area contributed by atoms with Crippen LogP contribution in [0.25, 0.3) is 22.2 Å². The van der Waals surface area contributed by atoms with Gasteiger partial charge in [0.25, 0.3) is 0 Å². The van der Waals surface area contributed by atoms with Crippen LogP contribution in [-0.4, -0.2) is 66.6 Å². The standard InChI is InChI=1S/C30H31F6N5O2/c1-19(29(31,32)33)20-6-9-22(10-7-20)38-28-23-11-8-21(27-24(30(34,35)36)5-4-12-37-27)17-25(23)39-26(40-28)18-41(13-15-42-2)14-16-43-3/h4-12,17,19H,13-16,18H2,1-3H3,(H,38,39,40). The molecule has 4 aromatic rings. The van der Waals surface area contributed by atoms with E-state index in [0.717, 1.165) is 13.0 Å². The van der Waals surface area contributed by atoms with Crippen LogP contribution in [0, 0.1) is 0 Å². The summed E-state index contributed by atoms with van der Waals surface area (Å²) in [5, 5.41) is 3.66. The molecule has 0 spiro atoms. The minimum atomic E-state index is -4.61. The van der Waals surface area contributed by atoms with Gasteiger partial charge in [-0.2, -0.15) is 26.3 Å². The number of anilines is 2. The van der Waals surface area contributed by atoms with E-state index < -0.39 is 23.8 Å². The molecule has 0 radical (unpaired) electrons. The summed E-state index contributed by atoms with van der Waals surface area (Å²) >= 11 is 0. The van der Waals surface area contributed by atoms with Crippen LogP contribution < -0.4 is 5.32 Å². The van der Waals surface area contributed by atoms with E-state index in [2.05, 4.69) is 20.3 Å². The molecule has 0 saturated heterocycles. The Morgan fingerprint density at radius 2 is 1.56 bits per heavy atom. The van der Waals surface area contributed by atoms with E-state index in [9.17, 15) is 26.3 Å². The summed E-state index contributed by atoms with van der Waals surface area (Å²) in [7, 11) is 3.16. The van der Waals surface area contributed by atoms with E-state index >= 15 is 0 Å². The molecule has 2 aromatic heterocycles. The molecule has 2 heterocycles. The van der Waals surface area contributed by atoms with Crippen LogP contribution in [0.5, 0.6) is 0 Å². The van der Waals surface area contributed by atoms with Gasteiger partial charge in [-0.25, -0.2) is 9.97 Å². The maximum Gasteiger partial charge on any atom is 0.418 e. The number of pyridine rings is 1. The normalized spacial score (nSPS) is 13.1. The van der Waals surface area contributed by atoms with Gasteiger partial charge in [-0.05, 0) is 48.9 Å². The molecule has 0 amide bonds. The molecule has 1 unspecified atom stereocenters. The molecule has 1 atom stereocenters. The van der Waals surface area contributed by atoms with Gasteiger partial charge in [-0.3, -0.25) is 9.88 Å².